The number of anilines is 1. The van der Waals surface area contributed by atoms with Gasteiger partial charge in [0.2, 0.25) is 0 Å². The van der Waals surface area contributed by atoms with Crippen LogP contribution in [-0.4, -0.2) is 24.1 Å². The van der Waals surface area contributed by atoms with Gasteiger partial charge in [-0.3, -0.25) is 0 Å². The Kier molecular flexibility index (Phi) is 2.23. The highest BCUT2D eigenvalue weighted by Crippen LogP contribution is 2.18. The van der Waals surface area contributed by atoms with Crippen molar-refractivity contribution in [1.82, 2.24) is 9.97 Å². The Bertz CT molecular complexity index is 387. The van der Waals surface area contributed by atoms with Gasteiger partial charge >= 0.3 is 0 Å². The lowest BCUT2D eigenvalue weighted by Gasteiger charge is -2.11. The molecule has 14 heavy (non-hydrogen) atoms. The molecular weight excluding hydrogens is 174 g/mol. The van der Waals surface area contributed by atoms with Crippen molar-refractivity contribution in [3.8, 4) is 11.4 Å². The molecule has 2 aromatic rings. The van der Waals surface area contributed by atoms with Gasteiger partial charge in [0.25, 0.3) is 0 Å². The third kappa shape index (κ3) is 1.62. The van der Waals surface area contributed by atoms with Gasteiger partial charge in [0, 0.05) is 37.7 Å². The lowest BCUT2D eigenvalue weighted by Crippen LogP contribution is -2.07. The Balaban J connectivity index is 2.31. The van der Waals surface area contributed by atoms with Crippen LogP contribution in [-0.2, 0) is 0 Å². The molecule has 1 heterocycles. The lowest BCUT2D eigenvalue weighted by atomic mass is 10.2. The van der Waals surface area contributed by atoms with Crippen LogP contribution in [0.3, 0.4) is 0 Å². The molecule has 1 aromatic carbocycles. The Labute approximate surface area is 83.4 Å². The monoisotopic (exact) mass is 187 g/mol. The second kappa shape index (κ2) is 3.54. The zero-order valence-electron chi connectivity index (χ0n) is 8.36. The second-order valence-electron chi connectivity index (χ2n) is 3.38. The number of rotatable bonds is 2. The number of imidazole rings is 1. The number of nitrogens with one attached hydrogen (secondary N) is 1. The summed E-state index contributed by atoms with van der Waals surface area (Å²) in [6, 6.07) is 8.29. The molecule has 2 rings (SSSR count). The molecule has 0 spiro atoms. The van der Waals surface area contributed by atoms with E-state index in [2.05, 4.69) is 39.1 Å². The van der Waals surface area contributed by atoms with Gasteiger partial charge in [0.15, 0.2) is 0 Å². The van der Waals surface area contributed by atoms with E-state index in [1.54, 1.807) is 6.20 Å². The van der Waals surface area contributed by atoms with Crippen LogP contribution >= 0.6 is 0 Å². The van der Waals surface area contributed by atoms with E-state index in [0.29, 0.717) is 0 Å². The van der Waals surface area contributed by atoms with Crippen LogP contribution in [0.15, 0.2) is 36.7 Å². The van der Waals surface area contributed by atoms with Gasteiger partial charge in [-0.05, 0) is 24.3 Å². The van der Waals surface area contributed by atoms with Gasteiger partial charge in [0.1, 0.15) is 5.82 Å². The maximum atomic E-state index is 4.19. The van der Waals surface area contributed by atoms with E-state index in [-0.39, 0.29) is 0 Å². The molecule has 0 aliphatic carbocycles. The minimum absolute atomic E-state index is 0.912. The Morgan fingerprint density at radius 3 is 2.36 bits per heavy atom. The molecule has 0 saturated carbocycles. The molecule has 0 aliphatic heterocycles. The zero-order chi connectivity index (χ0) is 9.97. The Hall–Kier alpha value is -1.77. The quantitative estimate of drug-likeness (QED) is 0.781. The van der Waals surface area contributed by atoms with Crippen molar-refractivity contribution >= 4 is 5.69 Å². The molecule has 1 aromatic heterocycles. The van der Waals surface area contributed by atoms with E-state index in [1.165, 1.54) is 5.69 Å². The second-order valence-corrected chi connectivity index (χ2v) is 3.38. The van der Waals surface area contributed by atoms with Crippen LogP contribution in [0.4, 0.5) is 5.69 Å². The summed E-state index contributed by atoms with van der Waals surface area (Å²) in [5.41, 5.74) is 2.31. The summed E-state index contributed by atoms with van der Waals surface area (Å²) in [4.78, 5) is 9.34. The highest BCUT2D eigenvalue weighted by atomic mass is 15.1. The van der Waals surface area contributed by atoms with Crippen LogP contribution in [0.2, 0.25) is 0 Å². The van der Waals surface area contributed by atoms with Gasteiger partial charge < -0.3 is 9.88 Å². The molecule has 1 N–H and O–H groups in total. The minimum atomic E-state index is 0.912. The molecule has 0 unspecified atom stereocenters. The molecule has 3 heteroatoms. The van der Waals surface area contributed by atoms with Crippen LogP contribution in [0, 0.1) is 0 Å². The molecule has 3 nitrogen and oxygen atoms in total. The fourth-order valence-corrected chi connectivity index (χ4v) is 1.34. The third-order valence-corrected chi connectivity index (χ3v) is 2.16. The van der Waals surface area contributed by atoms with Crippen LogP contribution < -0.4 is 4.90 Å². The van der Waals surface area contributed by atoms with E-state index in [0.717, 1.165) is 11.4 Å². The van der Waals surface area contributed by atoms with Gasteiger partial charge in [0.05, 0.1) is 0 Å². The fraction of sp³-hybridized carbons (Fsp3) is 0.182. The molecular formula is C11H13N3. The highest BCUT2D eigenvalue weighted by molar-refractivity contribution is 5.59. The predicted molar refractivity (Wildman–Crippen MR) is 58.4 cm³/mol. The van der Waals surface area contributed by atoms with Crippen LogP contribution in [0.25, 0.3) is 11.4 Å². The van der Waals surface area contributed by atoms with E-state index < -0.39 is 0 Å². The predicted octanol–water partition coefficient (Wildman–Crippen LogP) is 2.14. The van der Waals surface area contributed by atoms with Crippen molar-refractivity contribution in [1.29, 1.82) is 0 Å². The lowest BCUT2D eigenvalue weighted by molar-refractivity contribution is 1.13. The zero-order valence-corrected chi connectivity index (χ0v) is 8.36. The van der Waals surface area contributed by atoms with E-state index in [4.69, 9.17) is 0 Å². The Morgan fingerprint density at radius 1 is 1.14 bits per heavy atom. The summed E-state index contributed by atoms with van der Waals surface area (Å²) in [7, 11) is 4.06. The molecule has 0 saturated heterocycles. The topological polar surface area (TPSA) is 31.9 Å². The van der Waals surface area contributed by atoms with E-state index in [1.807, 2.05) is 20.3 Å². The van der Waals surface area contributed by atoms with Crippen molar-refractivity contribution in [3.63, 3.8) is 0 Å². The number of hydrogen-bond acceptors (Lipinski definition) is 2. The summed E-state index contributed by atoms with van der Waals surface area (Å²) >= 11 is 0. The smallest absolute Gasteiger partial charge is 0.137 e. The first kappa shape index (κ1) is 8.81. The minimum Gasteiger partial charge on any atom is -0.378 e. The van der Waals surface area contributed by atoms with Crippen molar-refractivity contribution in [2.75, 3.05) is 19.0 Å². The van der Waals surface area contributed by atoms with Gasteiger partial charge in [-0.15, -0.1) is 0 Å². The number of aromatic nitrogens is 2. The molecule has 0 fully saturated rings. The summed E-state index contributed by atoms with van der Waals surface area (Å²) in [6.07, 6.45) is 3.59. The number of aromatic amines is 1. The number of H-pyrrole nitrogens is 1. The highest BCUT2D eigenvalue weighted by Gasteiger charge is 1.99. The van der Waals surface area contributed by atoms with Gasteiger partial charge in [-0.25, -0.2) is 4.98 Å². The number of nitrogens with zero attached hydrogens (tertiary/aromatic N) is 2. The van der Waals surface area contributed by atoms with Gasteiger partial charge in [-0.2, -0.15) is 0 Å². The standard InChI is InChI=1S/C11H13N3/c1-14(2)10-5-3-9(4-6-10)11-12-7-8-13-11/h3-8H,1-2H3,(H,12,13). The molecule has 0 radical (unpaired) electrons. The van der Waals surface area contributed by atoms with E-state index in [9.17, 15) is 0 Å². The maximum absolute atomic E-state index is 4.19. The molecule has 0 atom stereocenters. The van der Waals surface area contributed by atoms with Crippen molar-refractivity contribution < 1.29 is 0 Å². The number of benzene rings is 1. The first-order valence-electron chi connectivity index (χ1n) is 4.54. The first-order chi connectivity index (χ1) is 6.77. The maximum Gasteiger partial charge on any atom is 0.137 e. The third-order valence-electron chi connectivity index (χ3n) is 2.16. The number of hydrogen-bond donors (Lipinski definition) is 1. The summed E-state index contributed by atoms with van der Waals surface area (Å²) < 4.78 is 0. The Morgan fingerprint density at radius 2 is 1.86 bits per heavy atom. The van der Waals surface area contributed by atoms with Crippen LogP contribution in [0.1, 0.15) is 0 Å². The largest absolute Gasteiger partial charge is 0.378 e. The van der Waals surface area contributed by atoms with Crippen molar-refractivity contribution in [2.24, 2.45) is 0 Å². The van der Waals surface area contributed by atoms with Crippen LogP contribution in [0.5, 0.6) is 0 Å². The first-order valence-corrected chi connectivity index (χ1v) is 4.54. The molecule has 0 amide bonds. The van der Waals surface area contributed by atoms with Crippen molar-refractivity contribution in [3.05, 3.63) is 36.7 Å². The molecule has 0 aliphatic rings. The summed E-state index contributed by atoms with van der Waals surface area (Å²) in [6.45, 7) is 0. The fourth-order valence-electron chi connectivity index (χ4n) is 1.34. The molecule has 0 bridgehead atoms. The summed E-state index contributed by atoms with van der Waals surface area (Å²) in [5.74, 6) is 0.912. The van der Waals surface area contributed by atoms with Crippen molar-refractivity contribution in [2.45, 2.75) is 0 Å². The SMILES string of the molecule is CN(C)c1ccc(-c2ncc[nH]2)cc1. The normalized spacial score (nSPS) is 10.1. The van der Waals surface area contributed by atoms with Gasteiger partial charge in [-0.1, -0.05) is 0 Å². The average Bonchev–Trinajstić information content (AvgIpc) is 2.71. The average molecular weight is 187 g/mol. The summed E-state index contributed by atoms with van der Waals surface area (Å²) in [5, 5.41) is 0. The molecule has 72 valence electrons. The van der Waals surface area contributed by atoms with E-state index >= 15 is 0 Å².